The number of nitrogens with zero attached hydrogens (tertiary/aromatic N) is 3. The number of nitrogens with one attached hydrogen (secondary N) is 2. The highest BCUT2D eigenvalue weighted by Crippen LogP contribution is 2.18. The number of benzene rings is 2. The third-order valence-corrected chi connectivity index (χ3v) is 4.32. The highest BCUT2D eigenvalue weighted by atomic mass is 16.1. The van der Waals surface area contributed by atoms with Crippen LogP contribution in [-0.4, -0.2) is 36.5 Å². The van der Waals surface area contributed by atoms with Gasteiger partial charge in [0.25, 0.3) is 5.91 Å². The highest BCUT2D eigenvalue weighted by molar-refractivity contribution is 5.93. The quantitative estimate of drug-likeness (QED) is 0.588. The number of hydrogen-bond donors (Lipinski definition) is 2. The van der Waals surface area contributed by atoms with E-state index in [0.717, 1.165) is 24.2 Å². The highest BCUT2D eigenvalue weighted by Gasteiger charge is 2.07. The van der Waals surface area contributed by atoms with Crippen LogP contribution in [0.1, 0.15) is 22.3 Å². The van der Waals surface area contributed by atoms with E-state index in [-0.39, 0.29) is 5.91 Å². The third kappa shape index (κ3) is 5.54. The van der Waals surface area contributed by atoms with Crippen LogP contribution < -0.4 is 15.5 Å². The van der Waals surface area contributed by atoms with Crippen LogP contribution in [0.4, 0.5) is 17.3 Å². The lowest BCUT2D eigenvalue weighted by molar-refractivity contribution is 0.0952. The molecule has 0 aliphatic rings. The van der Waals surface area contributed by atoms with E-state index in [0.29, 0.717) is 18.1 Å². The molecular weight excluding hydrogens is 350 g/mol. The molecule has 0 saturated heterocycles. The van der Waals surface area contributed by atoms with Crippen LogP contribution in [0, 0.1) is 0 Å². The van der Waals surface area contributed by atoms with Crippen LogP contribution in [-0.2, 0) is 6.42 Å². The molecule has 0 atom stereocenters. The van der Waals surface area contributed by atoms with Gasteiger partial charge in [0.2, 0.25) is 5.95 Å². The van der Waals surface area contributed by atoms with Crippen molar-refractivity contribution in [3.63, 3.8) is 0 Å². The number of anilines is 3. The summed E-state index contributed by atoms with van der Waals surface area (Å²) in [5.41, 5.74) is 3.73. The van der Waals surface area contributed by atoms with Crippen molar-refractivity contribution in [3.8, 4) is 0 Å². The maximum atomic E-state index is 12.2. The van der Waals surface area contributed by atoms with Crippen molar-refractivity contribution in [2.24, 2.45) is 0 Å². The number of amides is 1. The van der Waals surface area contributed by atoms with Gasteiger partial charge >= 0.3 is 0 Å². The average Bonchev–Trinajstić information content (AvgIpc) is 2.73. The number of carbonyl (C=O) groups is 1. The smallest absolute Gasteiger partial charge is 0.254 e. The summed E-state index contributed by atoms with van der Waals surface area (Å²) in [5.74, 6) is 0.299. The minimum atomic E-state index is -0.157. The molecular formula is C22H25N5O. The minimum absolute atomic E-state index is 0.157. The van der Waals surface area contributed by atoms with Gasteiger partial charge in [-0.25, -0.2) is 9.97 Å². The van der Waals surface area contributed by atoms with E-state index in [2.05, 4.69) is 32.7 Å². The van der Waals surface area contributed by atoms with Gasteiger partial charge in [-0.3, -0.25) is 4.79 Å². The Bertz CT molecular complexity index is 877. The second kappa shape index (κ2) is 9.50. The fourth-order valence-corrected chi connectivity index (χ4v) is 2.72. The van der Waals surface area contributed by atoms with E-state index in [1.54, 1.807) is 0 Å². The van der Waals surface area contributed by atoms with E-state index in [1.165, 1.54) is 18.0 Å². The van der Waals surface area contributed by atoms with Gasteiger partial charge in [-0.2, -0.15) is 0 Å². The first-order chi connectivity index (χ1) is 13.6. The van der Waals surface area contributed by atoms with Gasteiger partial charge < -0.3 is 15.5 Å². The van der Waals surface area contributed by atoms with E-state index in [1.807, 2.05) is 61.5 Å². The van der Waals surface area contributed by atoms with Gasteiger partial charge in [-0.05, 0) is 42.7 Å². The predicted molar refractivity (Wildman–Crippen MR) is 113 cm³/mol. The minimum Gasteiger partial charge on any atom is -0.378 e. The van der Waals surface area contributed by atoms with Crippen LogP contribution >= 0.6 is 0 Å². The Morgan fingerprint density at radius 1 is 0.964 bits per heavy atom. The summed E-state index contributed by atoms with van der Waals surface area (Å²) in [6, 6.07) is 18.2. The Balaban J connectivity index is 1.47. The summed E-state index contributed by atoms with van der Waals surface area (Å²) in [5, 5.41) is 6.05. The second-order valence-electron chi connectivity index (χ2n) is 6.71. The van der Waals surface area contributed by atoms with Gasteiger partial charge in [0.05, 0.1) is 5.56 Å². The summed E-state index contributed by atoms with van der Waals surface area (Å²) >= 11 is 0. The normalized spacial score (nSPS) is 10.4. The van der Waals surface area contributed by atoms with Crippen LogP contribution in [0.3, 0.4) is 0 Å². The molecule has 1 heterocycles. The van der Waals surface area contributed by atoms with Gasteiger partial charge in [-0.15, -0.1) is 0 Å². The van der Waals surface area contributed by atoms with Gasteiger partial charge in [0.1, 0.15) is 0 Å². The largest absolute Gasteiger partial charge is 0.378 e. The SMILES string of the molecule is CN(C)c1ccc(Nc2ncc(C(=O)NCCCc3ccccc3)cn2)cc1. The van der Waals surface area contributed by atoms with E-state index in [4.69, 9.17) is 0 Å². The topological polar surface area (TPSA) is 70.2 Å². The lowest BCUT2D eigenvalue weighted by Gasteiger charge is -2.13. The predicted octanol–water partition coefficient (Wildman–Crippen LogP) is 3.65. The molecule has 6 nitrogen and oxygen atoms in total. The fourth-order valence-electron chi connectivity index (χ4n) is 2.72. The third-order valence-electron chi connectivity index (χ3n) is 4.32. The lowest BCUT2D eigenvalue weighted by atomic mass is 10.1. The number of rotatable bonds is 8. The Labute approximate surface area is 165 Å². The van der Waals surface area contributed by atoms with Crippen LogP contribution in [0.5, 0.6) is 0 Å². The van der Waals surface area contributed by atoms with Crippen LogP contribution in [0.25, 0.3) is 0 Å². The molecule has 0 bridgehead atoms. The van der Waals surface area contributed by atoms with Crippen LogP contribution in [0.2, 0.25) is 0 Å². The van der Waals surface area contributed by atoms with Crippen molar-refractivity contribution in [3.05, 3.63) is 78.1 Å². The first-order valence-corrected chi connectivity index (χ1v) is 9.30. The second-order valence-corrected chi connectivity index (χ2v) is 6.71. The van der Waals surface area contributed by atoms with E-state index < -0.39 is 0 Å². The number of aryl methyl sites for hydroxylation is 1. The molecule has 2 N–H and O–H groups in total. The summed E-state index contributed by atoms with van der Waals surface area (Å²) in [4.78, 5) is 22.7. The summed E-state index contributed by atoms with van der Waals surface area (Å²) < 4.78 is 0. The molecule has 1 aromatic heterocycles. The molecule has 0 aliphatic carbocycles. The Hall–Kier alpha value is -3.41. The van der Waals surface area contributed by atoms with Crippen LogP contribution in [0.15, 0.2) is 67.0 Å². The molecule has 144 valence electrons. The fraction of sp³-hybridized carbons (Fsp3) is 0.227. The molecule has 0 spiro atoms. The van der Waals surface area contributed by atoms with Gasteiger partial charge in [-0.1, -0.05) is 30.3 Å². The zero-order chi connectivity index (χ0) is 19.8. The first-order valence-electron chi connectivity index (χ1n) is 9.30. The monoisotopic (exact) mass is 375 g/mol. The number of hydrogen-bond acceptors (Lipinski definition) is 5. The Kier molecular flexibility index (Phi) is 6.57. The van der Waals surface area contributed by atoms with Crippen molar-refractivity contribution in [2.45, 2.75) is 12.8 Å². The molecule has 28 heavy (non-hydrogen) atoms. The molecule has 2 aromatic carbocycles. The average molecular weight is 375 g/mol. The Morgan fingerprint density at radius 3 is 2.29 bits per heavy atom. The van der Waals surface area contributed by atoms with Crippen molar-refractivity contribution in [1.82, 2.24) is 15.3 Å². The zero-order valence-corrected chi connectivity index (χ0v) is 16.2. The molecule has 6 heteroatoms. The molecule has 0 saturated carbocycles. The van der Waals surface area contributed by atoms with Crippen molar-refractivity contribution in [2.75, 3.05) is 30.9 Å². The van der Waals surface area contributed by atoms with Gasteiger partial charge in [0, 0.05) is 44.4 Å². The Morgan fingerprint density at radius 2 is 1.64 bits per heavy atom. The van der Waals surface area contributed by atoms with E-state index in [9.17, 15) is 4.79 Å². The summed E-state index contributed by atoms with van der Waals surface area (Å²) in [6.07, 6.45) is 4.90. The first kappa shape index (κ1) is 19.4. The lowest BCUT2D eigenvalue weighted by Crippen LogP contribution is -2.25. The van der Waals surface area contributed by atoms with Crippen molar-refractivity contribution < 1.29 is 4.79 Å². The molecule has 0 radical (unpaired) electrons. The number of aromatic nitrogens is 2. The van der Waals surface area contributed by atoms with Crippen molar-refractivity contribution in [1.29, 1.82) is 0 Å². The zero-order valence-electron chi connectivity index (χ0n) is 16.2. The molecule has 0 unspecified atom stereocenters. The maximum absolute atomic E-state index is 12.2. The molecule has 1 amide bonds. The molecule has 0 fully saturated rings. The number of carbonyl (C=O) groups excluding carboxylic acids is 1. The maximum Gasteiger partial charge on any atom is 0.254 e. The molecule has 3 rings (SSSR count). The van der Waals surface area contributed by atoms with E-state index >= 15 is 0 Å². The molecule has 3 aromatic rings. The summed E-state index contributed by atoms with van der Waals surface area (Å²) in [6.45, 7) is 0.617. The van der Waals surface area contributed by atoms with Crippen molar-refractivity contribution >= 4 is 23.2 Å². The molecule has 0 aliphatic heterocycles. The van der Waals surface area contributed by atoms with Gasteiger partial charge in [0.15, 0.2) is 0 Å². The summed E-state index contributed by atoms with van der Waals surface area (Å²) in [7, 11) is 3.99. The standard InChI is InChI=1S/C22H25N5O/c1-27(2)20-12-10-19(11-13-20)26-22-24-15-18(16-25-22)21(28)23-14-6-9-17-7-4-3-5-8-17/h3-5,7-8,10-13,15-16H,6,9,14H2,1-2H3,(H,23,28)(H,24,25,26).